The molecule has 8 heteroatoms. The molecule has 0 bridgehead atoms. The van der Waals surface area contributed by atoms with E-state index < -0.39 is 16.1 Å². The maximum atomic E-state index is 13.3. The summed E-state index contributed by atoms with van der Waals surface area (Å²) < 4.78 is 33.7. The van der Waals surface area contributed by atoms with Crippen LogP contribution in [-0.4, -0.2) is 33.5 Å². The van der Waals surface area contributed by atoms with Gasteiger partial charge in [-0.3, -0.25) is 9.10 Å². The molecule has 0 aromatic heterocycles. The molecule has 3 aromatic carbocycles. The largest absolute Gasteiger partial charge is 0.476 e. The van der Waals surface area contributed by atoms with Gasteiger partial charge in [-0.05, 0) is 48.4 Å². The highest BCUT2D eigenvalue weighted by molar-refractivity contribution is 7.92. The number of halogens is 1. The molecule has 1 aliphatic heterocycles. The van der Waals surface area contributed by atoms with E-state index in [0.717, 1.165) is 5.56 Å². The van der Waals surface area contributed by atoms with Crippen molar-refractivity contribution in [2.75, 3.05) is 17.4 Å². The molecule has 6 nitrogen and oxygen atoms in total. The predicted octanol–water partition coefficient (Wildman–Crippen LogP) is 3.66. The number of hydrogen-bond donors (Lipinski definition) is 1. The van der Waals surface area contributed by atoms with Crippen LogP contribution >= 0.6 is 11.6 Å². The van der Waals surface area contributed by atoms with Gasteiger partial charge in [-0.15, -0.1) is 0 Å². The van der Waals surface area contributed by atoms with Gasteiger partial charge in [-0.2, -0.15) is 0 Å². The van der Waals surface area contributed by atoms with Crippen molar-refractivity contribution >= 4 is 33.2 Å². The summed E-state index contributed by atoms with van der Waals surface area (Å²) in [5.41, 5.74) is 1.50. The van der Waals surface area contributed by atoms with Crippen LogP contribution in [0.25, 0.3) is 0 Å². The minimum atomic E-state index is -3.91. The third kappa shape index (κ3) is 4.68. The maximum absolute atomic E-state index is 13.3. The van der Waals surface area contributed by atoms with Crippen LogP contribution in [-0.2, 0) is 21.2 Å². The molecule has 0 aliphatic carbocycles. The second-order valence-corrected chi connectivity index (χ2v) is 9.39. The SMILES string of the molecule is O=C(NCCc1ccccc1)C1CN(S(=O)(=O)c2ccc(Cl)cc2)c2ccccc2O1. The highest BCUT2D eigenvalue weighted by atomic mass is 35.5. The first-order chi connectivity index (χ1) is 14.9. The number of nitrogens with one attached hydrogen (secondary N) is 1. The van der Waals surface area contributed by atoms with Crippen LogP contribution in [0, 0.1) is 0 Å². The molecular weight excluding hydrogens is 436 g/mol. The molecule has 0 radical (unpaired) electrons. The zero-order valence-corrected chi connectivity index (χ0v) is 18.1. The van der Waals surface area contributed by atoms with E-state index in [0.29, 0.717) is 29.4 Å². The minimum absolute atomic E-state index is 0.0943. The summed E-state index contributed by atoms with van der Waals surface area (Å²) >= 11 is 5.90. The molecule has 1 amide bonds. The highest BCUT2D eigenvalue weighted by Crippen LogP contribution is 2.36. The van der Waals surface area contributed by atoms with Crippen LogP contribution in [0.1, 0.15) is 5.56 Å². The van der Waals surface area contributed by atoms with Gasteiger partial charge in [0.2, 0.25) is 0 Å². The van der Waals surface area contributed by atoms with Gasteiger partial charge in [0.1, 0.15) is 5.75 Å². The Morgan fingerprint density at radius 2 is 1.68 bits per heavy atom. The molecule has 3 aromatic rings. The summed E-state index contributed by atoms with van der Waals surface area (Å²) in [7, 11) is -3.91. The van der Waals surface area contributed by atoms with Crippen LogP contribution in [0.3, 0.4) is 0 Å². The Bertz CT molecular complexity index is 1170. The Hall–Kier alpha value is -3.03. The van der Waals surface area contributed by atoms with Gasteiger partial charge in [0, 0.05) is 11.6 Å². The van der Waals surface area contributed by atoms with E-state index in [4.69, 9.17) is 16.3 Å². The summed E-state index contributed by atoms with van der Waals surface area (Å²) in [6, 6.07) is 22.5. The molecule has 1 unspecified atom stereocenters. The van der Waals surface area contributed by atoms with Crippen molar-refractivity contribution in [2.24, 2.45) is 0 Å². The Labute approximate surface area is 186 Å². The number of hydrogen-bond acceptors (Lipinski definition) is 4. The van der Waals surface area contributed by atoms with E-state index in [9.17, 15) is 13.2 Å². The lowest BCUT2D eigenvalue weighted by Crippen LogP contribution is -2.51. The van der Waals surface area contributed by atoms with E-state index in [1.165, 1.54) is 28.6 Å². The fourth-order valence-electron chi connectivity index (χ4n) is 3.39. The topological polar surface area (TPSA) is 75.7 Å². The monoisotopic (exact) mass is 456 g/mol. The second-order valence-electron chi connectivity index (χ2n) is 7.09. The van der Waals surface area contributed by atoms with E-state index in [2.05, 4.69) is 5.32 Å². The second kappa shape index (κ2) is 8.99. The summed E-state index contributed by atoms with van der Waals surface area (Å²) in [5.74, 6) is -0.0174. The molecule has 1 N–H and O–H groups in total. The third-order valence-corrected chi connectivity index (χ3v) is 7.03. The Balaban J connectivity index is 1.54. The average molecular weight is 457 g/mol. The number of rotatable bonds is 6. The van der Waals surface area contributed by atoms with Crippen molar-refractivity contribution in [1.82, 2.24) is 5.32 Å². The number of ether oxygens (including phenoxy) is 1. The van der Waals surface area contributed by atoms with Gasteiger partial charge >= 0.3 is 0 Å². The molecule has 0 saturated heterocycles. The first-order valence-corrected chi connectivity index (χ1v) is 11.6. The standard InChI is InChI=1S/C23H21ClN2O4S/c24-18-10-12-19(13-11-18)31(28,29)26-16-22(30-21-9-5-4-8-20(21)26)23(27)25-15-14-17-6-2-1-3-7-17/h1-13,22H,14-16H2,(H,25,27). The normalized spacial score (nSPS) is 15.6. The first-order valence-electron chi connectivity index (χ1n) is 9.81. The number of nitrogens with zero attached hydrogens (tertiary/aromatic N) is 1. The molecule has 160 valence electrons. The van der Waals surface area contributed by atoms with Crippen LogP contribution in [0.15, 0.2) is 83.8 Å². The summed E-state index contributed by atoms with van der Waals surface area (Å²) in [5, 5.41) is 3.29. The Kier molecular flexibility index (Phi) is 6.15. The van der Waals surface area contributed by atoms with Crippen molar-refractivity contribution in [3.05, 3.63) is 89.4 Å². The van der Waals surface area contributed by atoms with Gasteiger partial charge in [0.25, 0.3) is 15.9 Å². The number of carbonyl (C=O) groups excluding carboxylic acids is 1. The van der Waals surface area contributed by atoms with Crippen LogP contribution in [0.4, 0.5) is 5.69 Å². The van der Waals surface area contributed by atoms with Gasteiger partial charge in [-0.25, -0.2) is 8.42 Å². The molecule has 1 heterocycles. The molecule has 0 spiro atoms. The Morgan fingerprint density at radius 1 is 1.00 bits per heavy atom. The zero-order chi connectivity index (χ0) is 21.8. The van der Waals surface area contributed by atoms with Crippen molar-refractivity contribution in [1.29, 1.82) is 0 Å². The van der Waals surface area contributed by atoms with Crippen LogP contribution in [0.2, 0.25) is 5.02 Å². The van der Waals surface area contributed by atoms with Gasteiger partial charge < -0.3 is 10.1 Å². The minimum Gasteiger partial charge on any atom is -0.476 e. The van der Waals surface area contributed by atoms with Crippen LogP contribution < -0.4 is 14.4 Å². The first kappa shape index (κ1) is 21.2. The zero-order valence-electron chi connectivity index (χ0n) is 16.6. The third-order valence-electron chi connectivity index (χ3n) is 4.98. The Morgan fingerprint density at radius 3 is 2.42 bits per heavy atom. The number of amides is 1. The summed E-state index contributed by atoms with van der Waals surface area (Å²) in [6.07, 6.45) is -0.296. The predicted molar refractivity (Wildman–Crippen MR) is 120 cm³/mol. The molecular formula is C23H21ClN2O4S. The highest BCUT2D eigenvalue weighted by Gasteiger charge is 2.37. The lowest BCUT2D eigenvalue weighted by molar-refractivity contribution is -0.127. The van der Waals surface area contributed by atoms with Crippen molar-refractivity contribution in [3.8, 4) is 5.75 Å². The van der Waals surface area contributed by atoms with Crippen molar-refractivity contribution < 1.29 is 17.9 Å². The molecule has 1 aliphatic rings. The smallest absolute Gasteiger partial charge is 0.264 e. The quantitative estimate of drug-likeness (QED) is 0.614. The van der Waals surface area contributed by atoms with Crippen molar-refractivity contribution in [3.63, 3.8) is 0 Å². The number of anilines is 1. The molecule has 0 saturated carbocycles. The number of sulfonamides is 1. The number of carbonyl (C=O) groups is 1. The fraction of sp³-hybridized carbons (Fsp3) is 0.174. The fourth-order valence-corrected chi connectivity index (χ4v) is 4.99. The molecule has 0 fully saturated rings. The van der Waals surface area contributed by atoms with Gasteiger partial charge in [0.15, 0.2) is 6.10 Å². The van der Waals surface area contributed by atoms with Crippen molar-refractivity contribution in [2.45, 2.75) is 17.4 Å². The lowest BCUT2D eigenvalue weighted by Gasteiger charge is -2.34. The number of fused-ring (bicyclic) bond motifs is 1. The van der Waals surface area contributed by atoms with E-state index in [1.807, 2.05) is 30.3 Å². The molecule has 31 heavy (non-hydrogen) atoms. The summed E-state index contributed by atoms with van der Waals surface area (Å²) in [4.78, 5) is 12.9. The van der Waals surface area contributed by atoms with E-state index >= 15 is 0 Å². The molecule has 1 atom stereocenters. The van der Waals surface area contributed by atoms with Crippen LogP contribution in [0.5, 0.6) is 5.75 Å². The maximum Gasteiger partial charge on any atom is 0.264 e. The van der Waals surface area contributed by atoms with Gasteiger partial charge in [0.05, 0.1) is 17.1 Å². The van der Waals surface area contributed by atoms with E-state index in [1.54, 1.807) is 24.3 Å². The van der Waals surface area contributed by atoms with E-state index in [-0.39, 0.29) is 17.3 Å². The van der Waals surface area contributed by atoms with Gasteiger partial charge in [-0.1, -0.05) is 54.1 Å². The summed E-state index contributed by atoms with van der Waals surface area (Å²) in [6.45, 7) is 0.299. The lowest BCUT2D eigenvalue weighted by atomic mass is 10.1. The average Bonchev–Trinajstić information content (AvgIpc) is 2.79. The number of para-hydroxylation sites is 2. The number of benzene rings is 3. The molecule has 4 rings (SSSR count).